The zero-order valence-electron chi connectivity index (χ0n) is 13.4. The number of benzene rings is 1. The van der Waals surface area contributed by atoms with Crippen molar-refractivity contribution in [2.45, 2.75) is 18.0 Å². The van der Waals surface area contributed by atoms with Crippen LogP contribution in [0.2, 0.25) is 5.02 Å². The molecule has 0 saturated heterocycles. The lowest BCUT2D eigenvalue weighted by molar-refractivity contribution is -0.122. The number of nitrogens with zero attached hydrogens (tertiary/aromatic N) is 3. The molecule has 0 spiro atoms. The number of carbonyl (C=O) groups is 2. The Morgan fingerprint density at radius 1 is 1.36 bits per heavy atom. The number of hydrogen-bond acceptors (Lipinski definition) is 5. The van der Waals surface area contributed by atoms with Gasteiger partial charge >= 0.3 is 0 Å². The summed E-state index contributed by atoms with van der Waals surface area (Å²) in [6.45, 7) is 0.0235. The predicted molar refractivity (Wildman–Crippen MR) is 95.9 cm³/mol. The first kappa shape index (κ1) is 17.5. The fourth-order valence-electron chi connectivity index (χ4n) is 2.38. The number of thioether (sulfide) groups is 1. The molecule has 1 aromatic carbocycles. The Morgan fingerprint density at radius 2 is 2.12 bits per heavy atom. The molecule has 1 aliphatic rings. The molecule has 25 heavy (non-hydrogen) atoms. The first-order valence-corrected chi connectivity index (χ1v) is 8.83. The monoisotopic (exact) mass is 378 g/mol. The molecule has 0 fully saturated rings. The molecule has 9 heteroatoms. The van der Waals surface area contributed by atoms with Gasteiger partial charge in [-0.05, 0) is 11.6 Å². The first-order chi connectivity index (χ1) is 12.0. The molecular formula is C16H15ClN4O3S. The molecule has 1 N–H and O–H groups in total. The third kappa shape index (κ3) is 3.69. The number of amides is 2. The molecule has 7 nitrogen and oxygen atoms in total. The van der Waals surface area contributed by atoms with E-state index in [1.807, 2.05) is 12.1 Å². The van der Waals surface area contributed by atoms with E-state index < -0.39 is 5.56 Å². The van der Waals surface area contributed by atoms with Gasteiger partial charge in [-0.25, -0.2) is 4.68 Å². The molecule has 2 heterocycles. The van der Waals surface area contributed by atoms with E-state index in [1.54, 1.807) is 19.2 Å². The Bertz CT molecular complexity index is 899. The van der Waals surface area contributed by atoms with Gasteiger partial charge in [0.05, 0.1) is 16.8 Å². The van der Waals surface area contributed by atoms with Crippen LogP contribution in [0.3, 0.4) is 0 Å². The van der Waals surface area contributed by atoms with E-state index in [0.29, 0.717) is 9.92 Å². The topological polar surface area (TPSA) is 84.3 Å². The quantitative estimate of drug-likeness (QED) is 0.866. The molecule has 130 valence electrons. The summed E-state index contributed by atoms with van der Waals surface area (Å²) >= 11 is 7.31. The van der Waals surface area contributed by atoms with Gasteiger partial charge in [0.1, 0.15) is 12.2 Å². The second-order valence-electron chi connectivity index (χ2n) is 5.43. The summed E-state index contributed by atoms with van der Waals surface area (Å²) < 4.78 is 1.05. The van der Waals surface area contributed by atoms with Gasteiger partial charge in [-0.3, -0.25) is 14.4 Å². The van der Waals surface area contributed by atoms with Crippen LogP contribution in [0.25, 0.3) is 0 Å². The summed E-state index contributed by atoms with van der Waals surface area (Å²) in [7, 11) is 1.55. The number of nitrogens with one attached hydrogen (secondary N) is 1. The molecule has 0 unspecified atom stereocenters. The highest BCUT2D eigenvalue weighted by Gasteiger charge is 2.26. The van der Waals surface area contributed by atoms with E-state index in [9.17, 15) is 14.4 Å². The van der Waals surface area contributed by atoms with Crippen molar-refractivity contribution in [3.8, 4) is 0 Å². The van der Waals surface area contributed by atoms with Gasteiger partial charge in [0.2, 0.25) is 11.8 Å². The van der Waals surface area contributed by atoms with Crippen molar-refractivity contribution in [2.75, 3.05) is 17.7 Å². The van der Waals surface area contributed by atoms with Crippen LogP contribution in [0.5, 0.6) is 0 Å². The summed E-state index contributed by atoms with van der Waals surface area (Å²) in [6.07, 6.45) is 1.51. The summed E-state index contributed by atoms with van der Waals surface area (Å²) in [5, 5.41) is 7.29. The highest BCUT2D eigenvalue weighted by atomic mass is 35.5. The summed E-state index contributed by atoms with van der Waals surface area (Å²) in [6, 6.07) is 7.18. The van der Waals surface area contributed by atoms with Crippen LogP contribution in [-0.2, 0) is 22.7 Å². The number of fused-ring (bicyclic) bond motifs is 1. The fourth-order valence-corrected chi connectivity index (χ4v) is 3.54. The zero-order chi connectivity index (χ0) is 18.0. The van der Waals surface area contributed by atoms with Crippen LogP contribution < -0.4 is 15.8 Å². The molecule has 3 rings (SSSR count). The van der Waals surface area contributed by atoms with Gasteiger partial charge in [0, 0.05) is 18.6 Å². The molecule has 1 aliphatic heterocycles. The average Bonchev–Trinajstić information content (AvgIpc) is 2.59. The van der Waals surface area contributed by atoms with Crippen LogP contribution in [0.4, 0.5) is 5.69 Å². The van der Waals surface area contributed by atoms with Crippen LogP contribution in [-0.4, -0.2) is 34.4 Å². The molecule has 0 radical (unpaired) electrons. The highest BCUT2D eigenvalue weighted by Crippen LogP contribution is 2.30. The molecule has 2 aromatic rings. The molecule has 0 atom stereocenters. The van der Waals surface area contributed by atoms with Crippen molar-refractivity contribution in [3.63, 3.8) is 0 Å². The third-order valence-electron chi connectivity index (χ3n) is 3.77. The number of rotatable bonds is 4. The minimum Gasteiger partial charge on any atom is -0.350 e. The lowest BCUT2D eigenvalue weighted by Gasteiger charge is -2.24. The Labute approximate surface area is 153 Å². The molecule has 0 bridgehead atoms. The van der Waals surface area contributed by atoms with E-state index in [4.69, 9.17) is 11.6 Å². The second kappa shape index (κ2) is 7.28. The first-order valence-electron chi connectivity index (χ1n) is 7.47. The minimum atomic E-state index is -0.464. The highest BCUT2D eigenvalue weighted by molar-refractivity contribution is 8.00. The van der Waals surface area contributed by atoms with Gasteiger partial charge < -0.3 is 10.2 Å². The molecule has 0 saturated carbocycles. The van der Waals surface area contributed by atoms with E-state index in [0.717, 1.165) is 10.2 Å². The minimum absolute atomic E-state index is 0.157. The Kier molecular flexibility index (Phi) is 5.10. The number of anilines is 1. The van der Waals surface area contributed by atoms with Crippen molar-refractivity contribution in [3.05, 3.63) is 51.4 Å². The average molecular weight is 379 g/mol. The fraction of sp³-hybridized carbons (Fsp3) is 0.250. The number of carbonyl (C=O) groups excluding carboxylic acids is 2. The summed E-state index contributed by atoms with van der Waals surface area (Å²) in [5.74, 6) is -0.255. The summed E-state index contributed by atoms with van der Waals surface area (Å²) in [5.41, 5.74) is 0.577. The Morgan fingerprint density at radius 3 is 2.88 bits per heavy atom. The van der Waals surface area contributed by atoms with Crippen molar-refractivity contribution in [1.29, 1.82) is 0 Å². The Balaban J connectivity index is 1.73. The normalized spacial score (nSPS) is 13.5. The van der Waals surface area contributed by atoms with E-state index in [1.165, 1.54) is 22.9 Å². The predicted octanol–water partition coefficient (Wildman–Crippen LogP) is 1.28. The molecule has 0 aliphatic carbocycles. The lowest BCUT2D eigenvalue weighted by atomic mass is 10.2. The SMILES string of the molecule is CN1C(=O)CSc2cnn(CC(=O)NCc3ccccc3Cl)c(=O)c21. The van der Waals surface area contributed by atoms with Gasteiger partial charge in [-0.1, -0.05) is 29.8 Å². The van der Waals surface area contributed by atoms with E-state index in [2.05, 4.69) is 10.4 Å². The molecule has 2 amide bonds. The van der Waals surface area contributed by atoms with Crippen molar-refractivity contribution < 1.29 is 9.59 Å². The maximum Gasteiger partial charge on any atom is 0.292 e. The lowest BCUT2D eigenvalue weighted by Crippen LogP contribution is -2.40. The van der Waals surface area contributed by atoms with E-state index in [-0.39, 0.29) is 36.3 Å². The van der Waals surface area contributed by atoms with Gasteiger partial charge in [-0.15, -0.1) is 11.8 Å². The van der Waals surface area contributed by atoms with Crippen molar-refractivity contribution in [2.24, 2.45) is 0 Å². The second-order valence-corrected chi connectivity index (χ2v) is 6.85. The number of aromatic nitrogens is 2. The largest absolute Gasteiger partial charge is 0.350 e. The van der Waals surface area contributed by atoms with Crippen LogP contribution >= 0.6 is 23.4 Å². The van der Waals surface area contributed by atoms with Gasteiger partial charge in [-0.2, -0.15) is 5.10 Å². The third-order valence-corrected chi connectivity index (χ3v) is 5.14. The smallest absolute Gasteiger partial charge is 0.292 e. The van der Waals surface area contributed by atoms with Crippen molar-refractivity contribution >= 4 is 40.9 Å². The van der Waals surface area contributed by atoms with Crippen molar-refractivity contribution in [1.82, 2.24) is 15.1 Å². The molecular weight excluding hydrogens is 364 g/mol. The van der Waals surface area contributed by atoms with Crippen LogP contribution in [0, 0.1) is 0 Å². The molecule has 1 aromatic heterocycles. The maximum absolute atomic E-state index is 12.5. The maximum atomic E-state index is 12.5. The van der Waals surface area contributed by atoms with E-state index >= 15 is 0 Å². The summed E-state index contributed by atoms with van der Waals surface area (Å²) in [4.78, 5) is 38.4. The van der Waals surface area contributed by atoms with Crippen LogP contribution in [0.15, 0.2) is 40.2 Å². The van der Waals surface area contributed by atoms with Gasteiger partial charge in [0.25, 0.3) is 5.56 Å². The number of halogens is 1. The zero-order valence-corrected chi connectivity index (χ0v) is 14.9. The van der Waals surface area contributed by atoms with Crippen LogP contribution in [0.1, 0.15) is 5.56 Å². The van der Waals surface area contributed by atoms with Gasteiger partial charge in [0.15, 0.2) is 0 Å². The Hall–Kier alpha value is -2.32. The standard InChI is InChI=1S/C16H15ClN4O3S/c1-20-14(23)9-25-12-7-19-21(16(24)15(12)20)8-13(22)18-6-10-4-2-3-5-11(10)17/h2-5,7H,6,8-9H2,1H3,(H,18,22). The number of hydrogen-bond donors (Lipinski definition) is 1.